The van der Waals surface area contributed by atoms with Crippen LogP contribution in [0.3, 0.4) is 0 Å². The topological polar surface area (TPSA) is 109 Å². The first kappa shape index (κ1) is 18.4. The molecule has 3 aromatic heterocycles. The summed E-state index contributed by atoms with van der Waals surface area (Å²) in [5.74, 6) is 0.963. The number of halogens is 1. The van der Waals surface area contributed by atoms with Crippen LogP contribution in [0.4, 0.5) is 5.82 Å². The zero-order chi connectivity index (χ0) is 16.8. The Kier molecular flexibility index (Phi) is 5.00. The van der Waals surface area contributed by atoms with Crippen molar-refractivity contribution < 1.29 is 8.42 Å². The Morgan fingerprint density at radius 1 is 1.29 bits per heavy atom. The van der Waals surface area contributed by atoms with Crippen molar-refractivity contribution in [1.29, 1.82) is 0 Å². The van der Waals surface area contributed by atoms with Gasteiger partial charge in [-0.05, 0) is 19.4 Å². The van der Waals surface area contributed by atoms with Gasteiger partial charge in [0.1, 0.15) is 22.5 Å². The average molecular weight is 416 g/mol. The van der Waals surface area contributed by atoms with Crippen LogP contribution in [0, 0.1) is 6.92 Å². The van der Waals surface area contributed by atoms with E-state index in [9.17, 15) is 13.2 Å². The molecule has 3 aromatic rings. The third-order valence-electron chi connectivity index (χ3n) is 3.43. The van der Waals surface area contributed by atoms with Gasteiger partial charge in [0.15, 0.2) is 5.82 Å². The highest BCUT2D eigenvalue weighted by molar-refractivity contribution is 8.93. The highest BCUT2D eigenvalue weighted by Crippen LogP contribution is 2.25. The van der Waals surface area contributed by atoms with E-state index in [1.165, 1.54) is 6.07 Å². The number of aromatic nitrogens is 4. The highest BCUT2D eigenvalue weighted by atomic mass is 79.9. The second-order valence-electron chi connectivity index (χ2n) is 5.44. The largest absolute Gasteiger partial charge is 0.306 e. The summed E-state index contributed by atoms with van der Waals surface area (Å²) >= 11 is 0. The van der Waals surface area contributed by atoms with Gasteiger partial charge in [-0.3, -0.25) is 13.9 Å². The van der Waals surface area contributed by atoms with E-state index in [-0.39, 0.29) is 28.4 Å². The van der Waals surface area contributed by atoms with Crippen molar-refractivity contribution in [2.45, 2.75) is 26.7 Å². The lowest BCUT2D eigenvalue weighted by Crippen LogP contribution is -2.14. The van der Waals surface area contributed by atoms with E-state index in [2.05, 4.69) is 19.7 Å². The molecular weight excluding hydrogens is 398 g/mol. The van der Waals surface area contributed by atoms with Crippen LogP contribution in [-0.2, 0) is 16.4 Å². The Bertz CT molecular complexity index is 1070. The quantitative estimate of drug-likeness (QED) is 0.674. The van der Waals surface area contributed by atoms with Crippen LogP contribution in [0.1, 0.15) is 24.9 Å². The summed E-state index contributed by atoms with van der Waals surface area (Å²) in [4.78, 5) is 23.3. The molecule has 0 aliphatic heterocycles. The molecule has 0 amide bonds. The molecule has 3 heterocycles. The van der Waals surface area contributed by atoms with Gasteiger partial charge in [-0.15, -0.1) is 17.0 Å². The van der Waals surface area contributed by atoms with Gasteiger partial charge in [-0.25, -0.2) is 18.4 Å². The number of hydrogen-bond acceptors (Lipinski definition) is 5. The third kappa shape index (κ3) is 3.29. The first-order valence-corrected chi connectivity index (χ1v) is 9.08. The minimum Gasteiger partial charge on any atom is -0.306 e. The van der Waals surface area contributed by atoms with Crippen LogP contribution < -0.4 is 10.3 Å². The first-order chi connectivity index (χ1) is 10.8. The summed E-state index contributed by atoms with van der Waals surface area (Å²) in [6.45, 7) is 3.81. The third-order valence-corrected chi connectivity index (χ3v) is 4.00. The van der Waals surface area contributed by atoms with Gasteiger partial charge < -0.3 is 4.98 Å². The molecule has 0 saturated heterocycles. The molecule has 0 radical (unpaired) electrons. The molecule has 8 nitrogen and oxygen atoms in total. The Morgan fingerprint density at radius 2 is 2.00 bits per heavy atom. The number of pyridine rings is 1. The van der Waals surface area contributed by atoms with Crippen molar-refractivity contribution in [3.05, 3.63) is 34.0 Å². The fraction of sp³-hybridized carbons (Fsp3) is 0.357. The molecule has 0 aliphatic carbocycles. The fourth-order valence-electron chi connectivity index (χ4n) is 2.63. The lowest BCUT2D eigenvalue weighted by molar-refractivity contribution is 0.606. The molecule has 10 heteroatoms. The number of rotatable bonds is 4. The van der Waals surface area contributed by atoms with Crippen LogP contribution in [0.15, 0.2) is 16.9 Å². The molecule has 0 saturated carbocycles. The maximum atomic E-state index is 11.7. The molecule has 24 heavy (non-hydrogen) atoms. The molecule has 0 aliphatic rings. The van der Waals surface area contributed by atoms with Crippen molar-refractivity contribution in [2.24, 2.45) is 0 Å². The number of imidazole rings is 1. The molecule has 130 valence electrons. The van der Waals surface area contributed by atoms with Crippen molar-refractivity contribution in [3.63, 3.8) is 0 Å². The van der Waals surface area contributed by atoms with Gasteiger partial charge >= 0.3 is 0 Å². The van der Waals surface area contributed by atoms with E-state index >= 15 is 0 Å². The number of aryl methyl sites for hydroxylation is 2. The van der Waals surface area contributed by atoms with Crippen LogP contribution in [-0.4, -0.2) is 34.0 Å². The number of hydrogen-bond donors (Lipinski definition) is 2. The highest BCUT2D eigenvalue weighted by Gasteiger charge is 2.18. The van der Waals surface area contributed by atoms with Crippen LogP contribution in [0.2, 0.25) is 0 Å². The van der Waals surface area contributed by atoms with E-state index in [1.807, 2.05) is 6.92 Å². The van der Waals surface area contributed by atoms with E-state index in [4.69, 9.17) is 0 Å². The van der Waals surface area contributed by atoms with Crippen LogP contribution in [0.25, 0.3) is 16.7 Å². The molecule has 0 fully saturated rings. The van der Waals surface area contributed by atoms with Gasteiger partial charge in [0.05, 0.1) is 11.9 Å². The van der Waals surface area contributed by atoms with Crippen LogP contribution in [0.5, 0.6) is 0 Å². The lowest BCUT2D eigenvalue weighted by Gasteiger charge is -2.10. The smallest absolute Gasteiger partial charge is 0.249 e. The normalized spacial score (nSPS) is 11.6. The number of nitrogens with one attached hydrogen (secondary N) is 2. The summed E-state index contributed by atoms with van der Waals surface area (Å²) in [5, 5.41) is 0. The van der Waals surface area contributed by atoms with E-state index < -0.39 is 10.0 Å². The molecule has 0 spiro atoms. The predicted octanol–water partition coefficient (Wildman–Crippen LogP) is 1.78. The number of H-pyrrole nitrogens is 1. The maximum absolute atomic E-state index is 11.7. The minimum absolute atomic E-state index is 0. The molecular formula is C14H18BrN5O3S. The number of fused-ring (bicyclic) bond motifs is 3. The minimum atomic E-state index is -3.49. The van der Waals surface area contributed by atoms with Crippen molar-refractivity contribution in [1.82, 2.24) is 19.4 Å². The van der Waals surface area contributed by atoms with Gasteiger partial charge in [-0.1, -0.05) is 6.92 Å². The van der Waals surface area contributed by atoms with Crippen LogP contribution >= 0.6 is 17.0 Å². The van der Waals surface area contributed by atoms with Gasteiger partial charge in [-0.2, -0.15) is 0 Å². The van der Waals surface area contributed by atoms with Crippen molar-refractivity contribution in [3.8, 4) is 0 Å². The molecule has 0 aromatic carbocycles. The van der Waals surface area contributed by atoms with Gasteiger partial charge in [0.2, 0.25) is 15.6 Å². The molecule has 3 rings (SSSR count). The zero-order valence-corrected chi connectivity index (χ0v) is 16.0. The second-order valence-corrected chi connectivity index (χ2v) is 7.19. The van der Waals surface area contributed by atoms with Gasteiger partial charge in [0.25, 0.3) is 0 Å². The monoisotopic (exact) mass is 415 g/mol. The van der Waals surface area contributed by atoms with E-state index in [0.717, 1.165) is 18.5 Å². The number of aromatic amines is 1. The summed E-state index contributed by atoms with van der Waals surface area (Å²) < 4.78 is 27.5. The Morgan fingerprint density at radius 3 is 2.62 bits per heavy atom. The molecule has 2 N–H and O–H groups in total. The van der Waals surface area contributed by atoms with Crippen molar-refractivity contribution >= 4 is 49.5 Å². The lowest BCUT2D eigenvalue weighted by atomic mass is 10.3. The van der Waals surface area contributed by atoms with E-state index in [0.29, 0.717) is 28.8 Å². The predicted molar refractivity (Wildman–Crippen MR) is 98.6 cm³/mol. The summed E-state index contributed by atoms with van der Waals surface area (Å²) in [6.07, 6.45) is 2.64. The number of anilines is 1. The second kappa shape index (κ2) is 6.52. The summed E-state index contributed by atoms with van der Waals surface area (Å²) in [5.41, 5.74) is 1.94. The molecule has 0 unspecified atom stereocenters. The summed E-state index contributed by atoms with van der Waals surface area (Å²) in [7, 11) is -3.49. The number of nitrogens with zero attached hydrogens (tertiary/aromatic N) is 3. The number of sulfonamides is 1. The summed E-state index contributed by atoms with van der Waals surface area (Å²) in [6, 6.07) is 2.92. The zero-order valence-electron chi connectivity index (χ0n) is 13.5. The van der Waals surface area contributed by atoms with Gasteiger partial charge in [0, 0.05) is 12.5 Å². The SMILES string of the molecule is Br.CCCc1nc(C)c2c(NS(C)(=O)=O)nc3ccc(=O)[nH]c3n12. The maximum Gasteiger partial charge on any atom is 0.249 e. The standard InChI is InChI=1S/C14H17N5O3S.BrH/c1-4-5-10-15-8(2)12-13(18-23(3,21)22)16-9-6-7-11(20)17-14(9)19(10)12;/h6-7H,4-5H2,1-3H3,(H,16,18)(H,17,20);1H. The fourth-order valence-corrected chi connectivity index (χ4v) is 3.13. The average Bonchev–Trinajstić information content (AvgIpc) is 2.76. The molecule has 0 atom stereocenters. The Hall–Kier alpha value is -1.94. The van der Waals surface area contributed by atoms with Crippen molar-refractivity contribution in [2.75, 3.05) is 11.0 Å². The van der Waals surface area contributed by atoms with E-state index in [1.54, 1.807) is 17.4 Å². The Labute approximate surface area is 149 Å². The Balaban J connectivity index is 0.00000208. The molecule has 0 bridgehead atoms. The first-order valence-electron chi connectivity index (χ1n) is 7.19.